The van der Waals surface area contributed by atoms with Crippen molar-refractivity contribution in [3.05, 3.63) is 0 Å². The number of hydrogen-bond acceptors (Lipinski definition) is 5. The maximum Gasteiger partial charge on any atom is 0.302 e. The summed E-state index contributed by atoms with van der Waals surface area (Å²) in [5.41, 5.74) is -0.526. The molecule has 0 saturated heterocycles. The van der Waals surface area contributed by atoms with Gasteiger partial charge >= 0.3 is 5.97 Å². The lowest BCUT2D eigenvalue weighted by atomic mass is 9.44. The van der Waals surface area contributed by atoms with Gasteiger partial charge in [-0.1, -0.05) is 13.8 Å². The SMILES string of the molecule is CC(=O)O[C@H]1CC[C@@]2(C)[C@@H](CC[C@@H]3[C@@H]2CC(=O)[C@@]2(C)[C@H]3C[C@H]([C@@H]3CCCC3=O)[C@@H]2C(C)=O)C1. The highest BCUT2D eigenvalue weighted by Crippen LogP contribution is 2.68. The Morgan fingerprint density at radius 1 is 0.939 bits per heavy atom. The van der Waals surface area contributed by atoms with E-state index in [0.29, 0.717) is 36.4 Å². The molecule has 182 valence electrons. The van der Waals surface area contributed by atoms with Crippen molar-refractivity contribution in [2.24, 2.45) is 52.3 Å². The molecule has 0 radical (unpaired) electrons. The van der Waals surface area contributed by atoms with Crippen molar-refractivity contribution in [1.82, 2.24) is 0 Å². The minimum absolute atomic E-state index is 0.00742. The van der Waals surface area contributed by atoms with Crippen LogP contribution in [0.4, 0.5) is 0 Å². The molecule has 0 amide bonds. The van der Waals surface area contributed by atoms with Crippen molar-refractivity contribution in [2.45, 2.75) is 98.0 Å². The fourth-order valence-electron chi connectivity index (χ4n) is 9.79. The number of Topliss-reactive ketones (excluding diaryl/α,β-unsaturated/α-hetero) is 3. The first-order valence-electron chi connectivity index (χ1n) is 13.3. The molecule has 0 unspecified atom stereocenters. The molecular formula is C28H40O5. The van der Waals surface area contributed by atoms with Crippen LogP contribution in [0, 0.1) is 52.3 Å². The summed E-state index contributed by atoms with van der Waals surface area (Å²) in [6.07, 6.45) is 8.85. The molecule has 5 heteroatoms. The smallest absolute Gasteiger partial charge is 0.302 e. The van der Waals surface area contributed by atoms with Crippen molar-refractivity contribution in [3.8, 4) is 0 Å². The van der Waals surface area contributed by atoms with Crippen LogP contribution in [0.5, 0.6) is 0 Å². The lowest BCUT2D eigenvalue weighted by molar-refractivity contribution is -0.167. The molecule has 5 aliphatic rings. The minimum Gasteiger partial charge on any atom is -0.463 e. The van der Waals surface area contributed by atoms with Crippen LogP contribution >= 0.6 is 0 Å². The van der Waals surface area contributed by atoms with Crippen LogP contribution in [0.1, 0.15) is 91.9 Å². The first-order valence-corrected chi connectivity index (χ1v) is 13.3. The van der Waals surface area contributed by atoms with E-state index in [4.69, 9.17) is 4.74 Å². The van der Waals surface area contributed by atoms with Crippen LogP contribution in [-0.4, -0.2) is 29.4 Å². The molecule has 0 spiro atoms. The molecule has 5 fully saturated rings. The Kier molecular flexibility index (Phi) is 5.64. The largest absolute Gasteiger partial charge is 0.463 e. The number of hydrogen-bond donors (Lipinski definition) is 0. The molecule has 10 atom stereocenters. The second-order valence-electron chi connectivity index (χ2n) is 12.5. The van der Waals surface area contributed by atoms with Gasteiger partial charge < -0.3 is 4.74 Å². The molecule has 0 bridgehead atoms. The number of ether oxygens (including phenoxy) is 1. The molecule has 0 aromatic rings. The number of fused-ring (bicyclic) bond motifs is 5. The summed E-state index contributed by atoms with van der Waals surface area (Å²) in [7, 11) is 0. The third kappa shape index (κ3) is 3.38. The van der Waals surface area contributed by atoms with Gasteiger partial charge in [0.05, 0.1) is 0 Å². The van der Waals surface area contributed by atoms with Gasteiger partial charge in [-0.3, -0.25) is 19.2 Å². The fourth-order valence-corrected chi connectivity index (χ4v) is 9.79. The standard InChI is InChI=1S/C28H40O5/c1-15(29)26-21(19-6-5-7-24(19)31)13-23-20-9-8-17-12-18(33-16(2)30)10-11-27(17,3)22(20)14-25(32)28(23,26)4/h17-23,26H,5-14H2,1-4H3/t17-,18-,19-,20+,21+,22-,23-,26-,27-,28+/m0/s1. The van der Waals surface area contributed by atoms with E-state index in [1.54, 1.807) is 6.92 Å². The van der Waals surface area contributed by atoms with Gasteiger partial charge in [-0.05, 0) is 93.3 Å². The summed E-state index contributed by atoms with van der Waals surface area (Å²) in [4.78, 5) is 51.2. The van der Waals surface area contributed by atoms with Crippen LogP contribution in [0.15, 0.2) is 0 Å². The van der Waals surface area contributed by atoms with Crippen LogP contribution in [0.3, 0.4) is 0 Å². The Balaban J connectivity index is 1.45. The molecule has 0 aromatic carbocycles. The summed E-state index contributed by atoms with van der Waals surface area (Å²) in [5, 5.41) is 0. The molecule has 0 aromatic heterocycles. The molecule has 0 aliphatic heterocycles. The van der Waals surface area contributed by atoms with Gasteiger partial charge in [-0.2, -0.15) is 0 Å². The molecule has 5 rings (SSSR count). The zero-order valence-electron chi connectivity index (χ0n) is 20.7. The normalized spacial score (nSPS) is 49.2. The first kappa shape index (κ1) is 23.2. The van der Waals surface area contributed by atoms with E-state index in [2.05, 4.69) is 13.8 Å². The minimum atomic E-state index is -0.612. The van der Waals surface area contributed by atoms with Crippen LogP contribution in [0.2, 0.25) is 0 Å². The van der Waals surface area contributed by atoms with E-state index in [-0.39, 0.29) is 52.7 Å². The highest BCUT2D eigenvalue weighted by molar-refractivity contribution is 5.94. The molecule has 0 N–H and O–H groups in total. The Morgan fingerprint density at radius 2 is 1.70 bits per heavy atom. The second-order valence-corrected chi connectivity index (χ2v) is 12.5. The fraction of sp³-hybridized carbons (Fsp3) is 0.857. The lowest BCUT2D eigenvalue weighted by Gasteiger charge is -2.60. The zero-order chi connectivity index (χ0) is 23.7. The van der Waals surface area contributed by atoms with Crippen molar-refractivity contribution < 1.29 is 23.9 Å². The number of carbonyl (C=O) groups is 4. The Labute approximate surface area is 197 Å². The molecule has 5 nitrogen and oxygen atoms in total. The molecule has 5 aliphatic carbocycles. The van der Waals surface area contributed by atoms with E-state index in [0.717, 1.165) is 51.4 Å². The molecular weight excluding hydrogens is 416 g/mol. The Morgan fingerprint density at radius 3 is 2.33 bits per heavy atom. The third-order valence-corrected chi connectivity index (χ3v) is 11.2. The van der Waals surface area contributed by atoms with E-state index in [1.165, 1.54) is 6.92 Å². The van der Waals surface area contributed by atoms with Crippen LogP contribution < -0.4 is 0 Å². The van der Waals surface area contributed by atoms with E-state index in [9.17, 15) is 19.2 Å². The average Bonchev–Trinajstić information content (AvgIpc) is 3.30. The van der Waals surface area contributed by atoms with Gasteiger partial charge in [0.1, 0.15) is 23.5 Å². The molecule has 5 saturated carbocycles. The number of ketones is 3. The maximum absolute atomic E-state index is 13.9. The predicted octanol–water partition coefficient (Wildman–Crippen LogP) is 4.94. The highest BCUT2D eigenvalue weighted by Gasteiger charge is 2.67. The van der Waals surface area contributed by atoms with Gasteiger partial charge in [0, 0.05) is 37.0 Å². The third-order valence-electron chi connectivity index (χ3n) is 11.2. The van der Waals surface area contributed by atoms with Gasteiger partial charge in [0.25, 0.3) is 0 Å². The van der Waals surface area contributed by atoms with Crippen molar-refractivity contribution in [2.75, 3.05) is 0 Å². The van der Waals surface area contributed by atoms with E-state index in [1.807, 2.05) is 0 Å². The summed E-state index contributed by atoms with van der Waals surface area (Å²) in [6, 6.07) is 0. The first-order chi connectivity index (χ1) is 15.6. The molecule has 0 heterocycles. The van der Waals surface area contributed by atoms with Crippen molar-refractivity contribution >= 4 is 23.3 Å². The number of carbonyl (C=O) groups excluding carboxylic acids is 4. The van der Waals surface area contributed by atoms with Gasteiger partial charge in [0.2, 0.25) is 0 Å². The lowest BCUT2D eigenvalue weighted by Crippen LogP contribution is -2.57. The van der Waals surface area contributed by atoms with E-state index < -0.39 is 5.41 Å². The topological polar surface area (TPSA) is 77.5 Å². The zero-order valence-corrected chi connectivity index (χ0v) is 20.7. The average molecular weight is 457 g/mol. The summed E-state index contributed by atoms with van der Waals surface area (Å²) in [6.45, 7) is 7.60. The molecule has 33 heavy (non-hydrogen) atoms. The van der Waals surface area contributed by atoms with E-state index >= 15 is 0 Å². The quantitative estimate of drug-likeness (QED) is 0.562. The summed E-state index contributed by atoms with van der Waals surface area (Å²) < 4.78 is 5.57. The van der Waals surface area contributed by atoms with Crippen molar-refractivity contribution in [1.29, 1.82) is 0 Å². The summed E-state index contributed by atoms with van der Waals surface area (Å²) >= 11 is 0. The number of rotatable bonds is 3. The van der Waals surface area contributed by atoms with Gasteiger partial charge in [0.15, 0.2) is 0 Å². The van der Waals surface area contributed by atoms with Crippen molar-refractivity contribution in [3.63, 3.8) is 0 Å². The summed E-state index contributed by atoms with van der Waals surface area (Å²) in [5.74, 6) is 1.68. The second kappa shape index (κ2) is 8.02. The monoisotopic (exact) mass is 456 g/mol. The van der Waals surface area contributed by atoms with Gasteiger partial charge in [-0.25, -0.2) is 0 Å². The van der Waals surface area contributed by atoms with Crippen LogP contribution in [0.25, 0.3) is 0 Å². The van der Waals surface area contributed by atoms with Crippen LogP contribution in [-0.2, 0) is 23.9 Å². The maximum atomic E-state index is 13.9. The Bertz CT molecular complexity index is 878. The number of esters is 1. The Hall–Kier alpha value is -1.52. The van der Waals surface area contributed by atoms with Gasteiger partial charge in [-0.15, -0.1) is 0 Å². The highest BCUT2D eigenvalue weighted by atomic mass is 16.5. The predicted molar refractivity (Wildman–Crippen MR) is 123 cm³/mol.